The lowest BCUT2D eigenvalue weighted by Crippen LogP contribution is -2.38. The van der Waals surface area contributed by atoms with E-state index in [0.717, 1.165) is 30.5 Å². The van der Waals surface area contributed by atoms with E-state index >= 15 is 0 Å². The molecule has 0 spiro atoms. The van der Waals surface area contributed by atoms with E-state index in [1.165, 1.54) is 17.7 Å². The number of hydrogen-bond donors (Lipinski definition) is 2. The third-order valence-corrected chi connectivity index (χ3v) is 3.38. The van der Waals surface area contributed by atoms with Gasteiger partial charge in [0, 0.05) is 24.4 Å². The molecule has 0 fully saturated rings. The van der Waals surface area contributed by atoms with E-state index in [4.69, 9.17) is 5.84 Å². The van der Waals surface area contributed by atoms with Crippen molar-refractivity contribution in [1.82, 2.24) is 10.4 Å². The van der Waals surface area contributed by atoms with Crippen LogP contribution in [-0.2, 0) is 19.3 Å². The molecule has 0 radical (unpaired) electrons. The van der Waals surface area contributed by atoms with E-state index in [0.29, 0.717) is 0 Å². The minimum Gasteiger partial charge on any atom is -0.271 e. The summed E-state index contributed by atoms with van der Waals surface area (Å²) >= 11 is 0. The van der Waals surface area contributed by atoms with Gasteiger partial charge in [-0.2, -0.15) is 0 Å². The molecule has 0 bridgehead atoms. The van der Waals surface area contributed by atoms with Crippen LogP contribution in [-0.4, -0.2) is 11.0 Å². The van der Waals surface area contributed by atoms with Crippen molar-refractivity contribution in [2.24, 2.45) is 5.84 Å². The van der Waals surface area contributed by atoms with Crippen LogP contribution in [0.3, 0.4) is 0 Å². The van der Waals surface area contributed by atoms with Crippen molar-refractivity contribution >= 4 is 0 Å². The van der Waals surface area contributed by atoms with Gasteiger partial charge in [0.1, 0.15) is 5.82 Å². The van der Waals surface area contributed by atoms with E-state index < -0.39 is 0 Å². The first-order chi connectivity index (χ1) is 9.71. The predicted octanol–water partition coefficient (Wildman–Crippen LogP) is 2.40. The summed E-state index contributed by atoms with van der Waals surface area (Å²) in [5.74, 6) is 5.38. The zero-order valence-electron chi connectivity index (χ0n) is 11.6. The summed E-state index contributed by atoms with van der Waals surface area (Å²) < 4.78 is 12.9. The van der Waals surface area contributed by atoms with Gasteiger partial charge in [-0.3, -0.25) is 16.3 Å². The maximum Gasteiger partial charge on any atom is 0.123 e. The van der Waals surface area contributed by atoms with Gasteiger partial charge in [-0.1, -0.05) is 25.1 Å². The largest absolute Gasteiger partial charge is 0.271 e. The highest BCUT2D eigenvalue weighted by Crippen LogP contribution is 2.09. The molecule has 0 saturated carbocycles. The molecule has 2 aromatic rings. The lowest BCUT2D eigenvalue weighted by molar-refractivity contribution is 0.516. The molecule has 2 rings (SSSR count). The maximum absolute atomic E-state index is 12.9. The number of nitrogens with one attached hydrogen (secondary N) is 1. The highest BCUT2D eigenvalue weighted by Gasteiger charge is 2.10. The fourth-order valence-electron chi connectivity index (χ4n) is 2.13. The van der Waals surface area contributed by atoms with Gasteiger partial charge in [-0.15, -0.1) is 0 Å². The smallest absolute Gasteiger partial charge is 0.123 e. The molecule has 3 N–H and O–H groups in total. The molecule has 4 heteroatoms. The predicted molar refractivity (Wildman–Crippen MR) is 78.5 cm³/mol. The summed E-state index contributed by atoms with van der Waals surface area (Å²) in [6, 6.07) is 10.7. The molecule has 1 aromatic heterocycles. The molecule has 0 aliphatic carbocycles. The van der Waals surface area contributed by atoms with Gasteiger partial charge in [0.2, 0.25) is 0 Å². The van der Waals surface area contributed by atoms with Crippen LogP contribution in [0.4, 0.5) is 4.39 Å². The van der Waals surface area contributed by atoms with E-state index in [1.807, 2.05) is 12.3 Å². The number of nitrogens with two attached hydrogens (primary N) is 1. The highest BCUT2D eigenvalue weighted by molar-refractivity contribution is 5.19. The zero-order valence-corrected chi connectivity index (χ0v) is 11.6. The Labute approximate surface area is 119 Å². The molecule has 0 amide bonds. The Hall–Kier alpha value is -1.78. The number of aryl methyl sites for hydroxylation is 1. The molecule has 1 aromatic carbocycles. The molecule has 106 valence electrons. The number of aromatic nitrogens is 1. The molecule has 3 nitrogen and oxygen atoms in total. The molecule has 0 aliphatic rings. The Bertz CT molecular complexity index is 522. The second-order valence-corrected chi connectivity index (χ2v) is 4.91. The van der Waals surface area contributed by atoms with E-state index in [1.54, 1.807) is 12.1 Å². The quantitative estimate of drug-likeness (QED) is 0.627. The average molecular weight is 273 g/mol. The van der Waals surface area contributed by atoms with Crippen LogP contribution in [0.5, 0.6) is 0 Å². The Balaban J connectivity index is 1.99. The van der Waals surface area contributed by atoms with Crippen LogP contribution in [0.15, 0.2) is 42.6 Å². The van der Waals surface area contributed by atoms with Crippen molar-refractivity contribution in [3.63, 3.8) is 0 Å². The number of pyridine rings is 1. The summed E-state index contributed by atoms with van der Waals surface area (Å²) in [7, 11) is 0. The number of nitrogens with zero attached hydrogens (tertiary/aromatic N) is 1. The van der Waals surface area contributed by atoms with Crippen molar-refractivity contribution in [2.45, 2.75) is 32.2 Å². The Kier molecular flexibility index (Phi) is 5.21. The van der Waals surface area contributed by atoms with Crippen molar-refractivity contribution in [3.05, 3.63) is 65.2 Å². The van der Waals surface area contributed by atoms with Gasteiger partial charge >= 0.3 is 0 Å². The van der Waals surface area contributed by atoms with Crippen LogP contribution in [0.2, 0.25) is 0 Å². The topological polar surface area (TPSA) is 50.9 Å². The standard InChI is InChI=1S/C16H20FN3/c1-2-12-5-8-15(19-11-12)10-16(20-18)9-13-3-6-14(17)7-4-13/h3-8,11,16,20H,2,9-10,18H2,1H3. The number of halogens is 1. The minimum atomic E-state index is -0.220. The van der Waals surface area contributed by atoms with Crippen molar-refractivity contribution in [2.75, 3.05) is 0 Å². The zero-order chi connectivity index (χ0) is 14.4. The van der Waals surface area contributed by atoms with Gasteiger partial charge in [0.25, 0.3) is 0 Å². The first kappa shape index (κ1) is 14.6. The molecule has 20 heavy (non-hydrogen) atoms. The third-order valence-electron chi connectivity index (χ3n) is 3.38. The van der Waals surface area contributed by atoms with Gasteiger partial charge in [0.05, 0.1) is 0 Å². The minimum absolute atomic E-state index is 0.0837. The van der Waals surface area contributed by atoms with E-state index in [9.17, 15) is 4.39 Å². The van der Waals surface area contributed by atoms with Gasteiger partial charge in [-0.05, 0) is 42.2 Å². The fraction of sp³-hybridized carbons (Fsp3) is 0.312. The first-order valence-corrected chi connectivity index (χ1v) is 6.85. The molecule has 1 heterocycles. The van der Waals surface area contributed by atoms with E-state index in [-0.39, 0.29) is 11.9 Å². The SMILES string of the molecule is CCc1ccc(CC(Cc2ccc(F)cc2)NN)nc1. The molecule has 1 unspecified atom stereocenters. The van der Waals surface area contributed by atoms with Crippen molar-refractivity contribution in [1.29, 1.82) is 0 Å². The van der Waals surface area contributed by atoms with Crippen LogP contribution >= 0.6 is 0 Å². The molecular formula is C16H20FN3. The van der Waals surface area contributed by atoms with Crippen LogP contribution in [0.25, 0.3) is 0 Å². The summed E-state index contributed by atoms with van der Waals surface area (Å²) in [5, 5.41) is 0. The molecule has 1 atom stereocenters. The number of benzene rings is 1. The summed E-state index contributed by atoms with van der Waals surface area (Å²) in [6.07, 6.45) is 4.38. The highest BCUT2D eigenvalue weighted by atomic mass is 19.1. The second-order valence-electron chi connectivity index (χ2n) is 4.91. The van der Waals surface area contributed by atoms with Crippen LogP contribution in [0, 0.1) is 5.82 Å². The monoisotopic (exact) mass is 273 g/mol. The number of hydrazine groups is 1. The van der Waals surface area contributed by atoms with E-state index in [2.05, 4.69) is 23.4 Å². The fourth-order valence-corrected chi connectivity index (χ4v) is 2.13. The Morgan fingerprint density at radius 3 is 2.35 bits per heavy atom. The number of rotatable bonds is 6. The Morgan fingerprint density at radius 1 is 1.10 bits per heavy atom. The van der Waals surface area contributed by atoms with Crippen LogP contribution < -0.4 is 11.3 Å². The van der Waals surface area contributed by atoms with Gasteiger partial charge in [0.15, 0.2) is 0 Å². The third kappa shape index (κ3) is 4.11. The lowest BCUT2D eigenvalue weighted by Gasteiger charge is -2.15. The maximum atomic E-state index is 12.9. The molecular weight excluding hydrogens is 253 g/mol. The number of hydrogen-bond acceptors (Lipinski definition) is 3. The normalized spacial score (nSPS) is 12.3. The summed E-state index contributed by atoms with van der Waals surface area (Å²) in [6.45, 7) is 2.11. The first-order valence-electron chi connectivity index (χ1n) is 6.85. The van der Waals surface area contributed by atoms with Crippen LogP contribution in [0.1, 0.15) is 23.7 Å². The lowest BCUT2D eigenvalue weighted by atomic mass is 10.0. The van der Waals surface area contributed by atoms with Gasteiger partial charge in [-0.25, -0.2) is 4.39 Å². The summed E-state index contributed by atoms with van der Waals surface area (Å²) in [5.41, 5.74) is 6.10. The van der Waals surface area contributed by atoms with Gasteiger partial charge < -0.3 is 0 Å². The Morgan fingerprint density at radius 2 is 1.80 bits per heavy atom. The molecule has 0 aliphatic heterocycles. The second kappa shape index (κ2) is 7.12. The average Bonchev–Trinajstić information content (AvgIpc) is 2.49. The summed E-state index contributed by atoms with van der Waals surface area (Å²) in [4.78, 5) is 4.44. The van der Waals surface area contributed by atoms with Crippen molar-refractivity contribution < 1.29 is 4.39 Å². The molecule has 0 saturated heterocycles. The van der Waals surface area contributed by atoms with Crippen molar-refractivity contribution in [3.8, 4) is 0 Å².